The zero-order chi connectivity index (χ0) is 11.6. The fraction of sp³-hybridized carbons (Fsp3) is 0.286. The van der Waals surface area contributed by atoms with Gasteiger partial charge in [-0.15, -0.1) is 13.2 Å². The summed E-state index contributed by atoms with van der Waals surface area (Å²) in [5, 5.41) is 0. The van der Waals surface area contributed by atoms with E-state index < -0.39 is 17.7 Å². The molecule has 0 fully saturated rings. The Labute approximate surface area is 95.5 Å². The molecule has 15 heavy (non-hydrogen) atoms. The Kier molecular flexibility index (Phi) is 3.47. The van der Waals surface area contributed by atoms with Crippen molar-refractivity contribution in [1.29, 1.82) is 0 Å². The largest absolute Gasteiger partial charge is 0.573 e. The highest BCUT2D eigenvalue weighted by atomic mass is 127. The van der Waals surface area contributed by atoms with Crippen molar-refractivity contribution in [3.63, 3.8) is 0 Å². The Morgan fingerprint density at radius 1 is 1.47 bits per heavy atom. The topological polar surface area (TPSA) is 51.3 Å². The predicted octanol–water partition coefficient (Wildman–Crippen LogP) is 1.89. The molecule has 1 aromatic heterocycles. The summed E-state index contributed by atoms with van der Waals surface area (Å²) in [6, 6.07) is 0.706. The number of H-pyrrole nitrogens is 1. The molecule has 0 amide bonds. The normalized spacial score (nSPS) is 11.3. The van der Waals surface area contributed by atoms with Crippen LogP contribution in [0.4, 0.5) is 13.2 Å². The molecule has 4 nitrogen and oxygen atoms in total. The van der Waals surface area contributed by atoms with Crippen molar-refractivity contribution >= 4 is 22.6 Å². The van der Waals surface area contributed by atoms with Crippen LogP contribution in [0.25, 0.3) is 0 Å². The molecule has 0 unspecified atom stereocenters. The van der Waals surface area contributed by atoms with Gasteiger partial charge in [-0.2, -0.15) is 0 Å². The average molecular weight is 335 g/mol. The van der Waals surface area contributed by atoms with Crippen LogP contribution >= 0.6 is 22.6 Å². The number of nitrogens with one attached hydrogen (secondary N) is 1. The van der Waals surface area contributed by atoms with Crippen molar-refractivity contribution in [3.05, 3.63) is 20.0 Å². The minimum atomic E-state index is -4.83. The zero-order valence-corrected chi connectivity index (χ0v) is 9.47. The highest BCUT2D eigenvalue weighted by Crippen LogP contribution is 2.30. The summed E-state index contributed by atoms with van der Waals surface area (Å²) >= 11 is 1.58. The first-order chi connectivity index (χ1) is 6.83. The monoisotopic (exact) mass is 335 g/mol. The number of ether oxygens (including phenoxy) is 2. The molecule has 1 rings (SSSR count). The number of methoxy groups -OCH3 is 1. The second kappa shape index (κ2) is 4.29. The van der Waals surface area contributed by atoms with E-state index in [0.29, 0.717) is 6.07 Å². The second-order valence-electron chi connectivity index (χ2n) is 2.39. The number of alkyl halides is 3. The molecule has 0 saturated carbocycles. The van der Waals surface area contributed by atoms with Crippen LogP contribution in [0.3, 0.4) is 0 Å². The van der Waals surface area contributed by atoms with Gasteiger partial charge in [-0.25, -0.2) is 0 Å². The fourth-order valence-electron chi connectivity index (χ4n) is 0.837. The summed E-state index contributed by atoms with van der Waals surface area (Å²) in [5.41, 5.74) is -0.730. The number of rotatable bonds is 2. The standard InChI is InChI=1S/C7H5F3INO3/c1-14-6-5(11)3(2-4(13)12-6)15-7(8,9)10/h2H,1H3,(H,12,13). The highest BCUT2D eigenvalue weighted by molar-refractivity contribution is 14.1. The number of halogens is 4. The second-order valence-corrected chi connectivity index (χ2v) is 3.47. The van der Waals surface area contributed by atoms with Gasteiger partial charge in [0.2, 0.25) is 5.88 Å². The van der Waals surface area contributed by atoms with E-state index >= 15 is 0 Å². The van der Waals surface area contributed by atoms with Crippen LogP contribution in [0, 0.1) is 3.57 Å². The molecular formula is C7H5F3INO3. The first kappa shape index (κ1) is 12.1. The van der Waals surface area contributed by atoms with Gasteiger partial charge < -0.3 is 9.47 Å². The van der Waals surface area contributed by atoms with E-state index in [4.69, 9.17) is 0 Å². The Hall–Kier alpha value is -0.930. The minimum absolute atomic E-state index is 0.0482. The van der Waals surface area contributed by atoms with Crippen molar-refractivity contribution in [2.75, 3.05) is 7.11 Å². The van der Waals surface area contributed by atoms with E-state index in [0.717, 1.165) is 0 Å². The van der Waals surface area contributed by atoms with Crippen molar-refractivity contribution in [3.8, 4) is 11.6 Å². The van der Waals surface area contributed by atoms with E-state index in [9.17, 15) is 18.0 Å². The molecular weight excluding hydrogens is 330 g/mol. The molecule has 1 aromatic rings. The van der Waals surface area contributed by atoms with Crippen LogP contribution < -0.4 is 15.0 Å². The van der Waals surface area contributed by atoms with Gasteiger partial charge in [-0.1, -0.05) is 0 Å². The maximum absolute atomic E-state index is 11.9. The van der Waals surface area contributed by atoms with E-state index in [-0.39, 0.29) is 9.45 Å². The van der Waals surface area contributed by atoms with E-state index in [2.05, 4.69) is 14.5 Å². The molecule has 1 N–H and O–H groups in total. The lowest BCUT2D eigenvalue weighted by Gasteiger charge is -2.11. The van der Waals surface area contributed by atoms with E-state index in [1.807, 2.05) is 0 Å². The molecule has 1 heterocycles. The Morgan fingerprint density at radius 3 is 2.53 bits per heavy atom. The lowest BCUT2D eigenvalue weighted by Crippen LogP contribution is -2.20. The number of aromatic amines is 1. The maximum Gasteiger partial charge on any atom is 0.573 e. The molecule has 0 bridgehead atoms. The van der Waals surface area contributed by atoms with Crippen LogP contribution in [0.15, 0.2) is 10.9 Å². The number of hydrogen-bond donors (Lipinski definition) is 1. The maximum atomic E-state index is 11.9. The Bertz CT molecular complexity index is 415. The molecule has 0 atom stereocenters. The predicted molar refractivity (Wildman–Crippen MR) is 53.0 cm³/mol. The molecule has 0 radical (unpaired) electrons. The van der Waals surface area contributed by atoms with Crippen molar-refractivity contribution < 1.29 is 22.6 Å². The van der Waals surface area contributed by atoms with E-state index in [1.54, 1.807) is 22.6 Å². The Morgan fingerprint density at radius 2 is 2.07 bits per heavy atom. The number of hydrogen-bond acceptors (Lipinski definition) is 3. The van der Waals surface area contributed by atoms with Crippen LogP contribution in [-0.4, -0.2) is 18.5 Å². The first-order valence-corrected chi connectivity index (χ1v) is 4.64. The third-order valence-corrected chi connectivity index (χ3v) is 2.37. The molecule has 0 aliphatic heterocycles. The summed E-state index contributed by atoms with van der Waals surface area (Å²) in [6.07, 6.45) is -4.83. The van der Waals surface area contributed by atoms with Gasteiger partial charge in [-0.05, 0) is 22.6 Å². The fourth-order valence-corrected chi connectivity index (χ4v) is 1.46. The number of pyridine rings is 1. The van der Waals surface area contributed by atoms with Crippen LogP contribution in [-0.2, 0) is 0 Å². The molecule has 0 saturated heterocycles. The summed E-state index contributed by atoms with van der Waals surface area (Å²) in [5.74, 6) is -0.647. The smallest absolute Gasteiger partial charge is 0.481 e. The SMILES string of the molecule is COc1[nH]c(=O)cc(OC(F)(F)F)c1I. The van der Waals surface area contributed by atoms with Crippen LogP contribution in [0.1, 0.15) is 0 Å². The van der Waals surface area contributed by atoms with Gasteiger partial charge in [0.05, 0.1) is 7.11 Å². The summed E-state index contributed by atoms with van der Waals surface area (Å²) in [4.78, 5) is 13.1. The van der Waals surface area contributed by atoms with Crippen molar-refractivity contribution in [2.24, 2.45) is 0 Å². The molecule has 0 aromatic carbocycles. The van der Waals surface area contributed by atoms with E-state index in [1.165, 1.54) is 7.11 Å². The quantitative estimate of drug-likeness (QED) is 0.840. The summed E-state index contributed by atoms with van der Waals surface area (Å²) < 4.78 is 44.1. The number of aromatic nitrogens is 1. The van der Waals surface area contributed by atoms with Crippen LogP contribution in [0.5, 0.6) is 11.6 Å². The average Bonchev–Trinajstić information content (AvgIpc) is 2.08. The first-order valence-electron chi connectivity index (χ1n) is 3.56. The summed E-state index contributed by atoms with van der Waals surface area (Å²) in [6.45, 7) is 0. The van der Waals surface area contributed by atoms with Crippen molar-refractivity contribution in [2.45, 2.75) is 6.36 Å². The van der Waals surface area contributed by atoms with Crippen molar-refractivity contribution in [1.82, 2.24) is 4.98 Å². The summed E-state index contributed by atoms with van der Waals surface area (Å²) in [7, 11) is 1.23. The third kappa shape index (κ3) is 3.29. The molecule has 0 aliphatic rings. The van der Waals surface area contributed by atoms with Gasteiger partial charge >= 0.3 is 6.36 Å². The highest BCUT2D eigenvalue weighted by Gasteiger charge is 2.32. The lowest BCUT2D eigenvalue weighted by molar-refractivity contribution is -0.275. The molecule has 0 spiro atoms. The van der Waals surface area contributed by atoms with Gasteiger partial charge in [-0.3, -0.25) is 9.78 Å². The zero-order valence-electron chi connectivity index (χ0n) is 7.31. The van der Waals surface area contributed by atoms with Gasteiger partial charge in [0.15, 0.2) is 5.75 Å². The molecule has 84 valence electrons. The van der Waals surface area contributed by atoms with Gasteiger partial charge in [0.25, 0.3) is 5.56 Å². The molecule has 0 aliphatic carbocycles. The molecule has 8 heteroatoms. The Balaban J connectivity index is 3.18. The van der Waals surface area contributed by atoms with Gasteiger partial charge in [0, 0.05) is 6.07 Å². The third-order valence-electron chi connectivity index (χ3n) is 1.34. The van der Waals surface area contributed by atoms with Crippen LogP contribution in [0.2, 0.25) is 0 Å². The van der Waals surface area contributed by atoms with Gasteiger partial charge in [0.1, 0.15) is 3.57 Å². The minimum Gasteiger partial charge on any atom is -0.481 e. The lowest BCUT2D eigenvalue weighted by atomic mass is 10.4.